The van der Waals surface area contributed by atoms with Gasteiger partial charge in [-0.2, -0.15) is 0 Å². The molecule has 19 heavy (non-hydrogen) atoms. The van der Waals surface area contributed by atoms with Crippen LogP contribution in [0, 0.1) is 17.7 Å². The summed E-state index contributed by atoms with van der Waals surface area (Å²) in [6.45, 7) is 0. The first-order chi connectivity index (χ1) is 9.08. The van der Waals surface area contributed by atoms with Gasteiger partial charge in [0.1, 0.15) is 5.82 Å². The fourth-order valence-electron chi connectivity index (χ4n) is 2.53. The first-order valence-electron chi connectivity index (χ1n) is 6.35. The van der Waals surface area contributed by atoms with E-state index in [2.05, 4.69) is 5.32 Å². The van der Waals surface area contributed by atoms with Crippen LogP contribution in [0.15, 0.2) is 24.3 Å². The van der Waals surface area contributed by atoms with Crippen molar-refractivity contribution in [3.05, 3.63) is 30.1 Å². The van der Waals surface area contributed by atoms with Crippen molar-refractivity contribution in [2.75, 3.05) is 5.32 Å². The van der Waals surface area contributed by atoms with E-state index in [9.17, 15) is 19.1 Å². The molecule has 1 aliphatic carbocycles. The minimum absolute atomic E-state index is 0.340. The molecular weight excluding hydrogens is 249 g/mol. The molecule has 0 saturated heterocycles. The first kappa shape index (κ1) is 13.5. The minimum Gasteiger partial charge on any atom is -0.550 e. The number of anilines is 1. The summed E-state index contributed by atoms with van der Waals surface area (Å²) in [5.74, 6) is -3.35. The van der Waals surface area contributed by atoms with E-state index in [0.29, 0.717) is 18.5 Å². The summed E-state index contributed by atoms with van der Waals surface area (Å²) in [7, 11) is 0. The fraction of sp³-hybridized carbons (Fsp3) is 0.429. The van der Waals surface area contributed by atoms with Crippen molar-refractivity contribution in [3.63, 3.8) is 0 Å². The van der Waals surface area contributed by atoms with Crippen LogP contribution in [-0.2, 0) is 9.59 Å². The second-order valence-corrected chi connectivity index (χ2v) is 4.82. The highest BCUT2D eigenvalue weighted by molar-refractivity contribution is 5.94. The maximum atomic E-state index is 13.0. The molecule has 0 aliphatic heterocycles. The molecule has 1 N–H and O–H groups in total. The number of aliphatic carboxylic acids is 1. The number of amides is 1. The summed E-state index contributed by atoms with van der Waals surface area (Å²) in [5.41, 5.74) is 0.340. The van der Waals surface area contributed by atoms with E-state index in [1.54, 1.807) is 6.07 Å². The highest BCUT2D eigenvalue weighted by atomic mass is 19.1. The van der Waals surface area contributed by atoms with E-state index in [-0.39, 0.29) is 5.91 Å². The van der Waals surface area contributed by atoms with Gasteiger partial charge in [0, 0.05) is 23.5 Å². The van der Waals surface area contributed by atoms with Crippen LogP contribution in [0.4, 0.5) is 10.1 Å². The monoisotopic (exact) mass is 264 g/mol. The Morgan fingerprint density at radius 3 is 2.53 bits per heavy atom. The summed E-state index contributed by atoms with van der Waals surface area (Å²) in [5, 5.41) is 13.6. The predicted octanol–water partition coefficient (Wildman–Crippen LogP) is 1.32. The molecule has 1 aliphatic rings. The van der Waals surface area contributed by atoms with E-state index in [0.717, 1.165) is 12.8 Å². The van der Waals surface area contributed by atoms with Gasteiger partial charge in [-0.3, -0.25) is 4.79 Å². The maximum absolute atomic E-state index is 13.0. The number of hydrogen-bond acceptors (Lipinski definition) is 3. The summed E-state index contributed by atoms with van der Waals surface area (Å²) >= 11 is 0. The van der Waals surface area contributed by atoms with Gasteiger partial charge in [-0.1, -0.05) is 18.9 Å². The molecule has 1 aromatic rings. The van der Waals surface area contributed by atoms with Crippen LogP contribution in [0.1, 0.15) is 25.7 Å². The number of carbonyl (C=O) groups is 2. The summed E-state index contributed by atoms with van der Waals surface area (Å²) in [4.78, 5) is 23.1. The molecule has 0 bridgehead atoms. The molecule has 0 radical (unpaired) electrons. The Hall–Kier alpha value is -1.91. The average Bonchev–Trinajstić information content (AvgIpc) is 2.38. The number of hydrogen-bond donors (Lipinski definition) is 1. The lowest BCUT2D eigenvalue weighted by molar-refractivity contribution is -0.313. The third kappa shape index (κ3) is 3.30. The molecule has 1 saturated carbocycles. The smallest absolute Gasteiger partial charge is 0.228 e. The van der Waals surface area contributed by atoms with Crippen LogP contribution in [0.5, 0.6) is 0 Å². The van der Waals surface area contributed by atoms with E-state index >= 15 is 0 Å². The van der Waals surface area contributed by atoms with Gasteiger partial charge in [0.15, 0.2) is 0 Å². The third-order valence-corrected chi connectivity index (χ3v) is 3.50. The Kier molecular flexibility index (Phi) is 4.14. The Morgan fingerprint density at radius 1 is 1.21 bits per heavy atom. The van der Waals surface area contributed by atoms with Crippen molar-refractivity contribution >= 4 is 17.6 Å². The molecule has 102 valence electrons. The number of benzene rings is 1. The zero-order chi connectivity index (χ0) is 13.8. The first-order valence-corrected chi connectivity index (χ1v) is 6.35. The fourth-order valence-corrected chi connectivity index (χ4v) is 2.53. The lowest BCUT2D eigenvalue weighted by Crippen LogP contribution is -2.42. The summed E-state index contributed by atoms with van der Waals surface area (Å²) in [6, 6.07) is 5.54. The molecule has 1 aromatic carbocycles. The summed E-state index contributed by atoms with van der Waals surface area (Å²) in [6.07, 6.45) is 2.61. The molecule has 0 heterocycles. The maximum Gasteiger partial charge on any atom is 0.228 e. The minimum atomic E-state index is -1.18. The largest absolute Gasteiger partial charge is 0.550 e. The topological polar surface area (TPSA) is 69.2 Å². The van der Waals surface area contributed by atoms with Crippen molar-refractivity contribution in [2.24, 2.45) is 11.8 Å². The van der Waals surface area contributed by atoms with E-state index < -0.39 is 23.6 Å². The molecule has 2 rings (SSSR count). The molecule has 1 fully saturated rings. The highest BCUT2D eigenvalue weighted by Gasteiger charge is 2.31. The quantitative estimate of drug-likeness (QED) is 0.895. The van der Waals surface area contributed by atoms with Gasteiger partial charge in [-0.25, -0.2) is 4.39 Å². The Balaban J connectivity index is 2.07. The Labute approximate surface area is 110 Å². The lowest BCUT2D eigenvalue weighted by atomic mass is 9.78. The molecule has 2 atom stereocenters. The molecule has 1 amide bonds. The number of carbonyl (C=O) groups excluding carboxylic acids is 2. The highest BCUT2D eigenvalue weighted by Crippen LogP contribution is 2.30. The van der Waals surface area contributed by atoms with Crippen molar-refractivity contribution in [2.45, 2.75) is 25.7 Å². The normalized spacial score (nSPS) is 22.8. The SMILES string of the molecule is O=C(Nc1cccc(F)c1)[C@H]1CCCC[C@H]1C(=O)[O-]. The van der Waals surface area contributed by atoms with Crippen LogP contribution >= 0.6 is 0 Å². The van der Waals surface area contributed by atoms with Crippen LogP contribution in [0.3, 0.4) is 0 Å². The Bertz CT molecular complexity index is 489. The van der Waals surface area contributed by atoms with Gasteiger partial charge in [-0.05, 0) is 31.0 Å². The number of carboxylic acids is 1. The number of halogens is 1. The van der Waals surface area contributed by atoms with Crippen molar-refractivity contribution in [1.29, 1.82) is 0 Å². The van der Waals surface area contributed by atoms with Crippen molar-refractivity contribution in [3.8, 4) is 0 Å². The van der Waals surface area contributed by atoms with Gasteiger partial charge in [0.05, 0.1) is 0 Å². The average molecular weight is 264 g/mol. The van der Waals surface area contributed by atoms with Gasteiger partial charge >= 0.3 is 0 Å². The number of nitrogens with one attached hydrogen (secondary N) is 1. The second-order valence-electron chi connectivity index (χ2n) is 4.82. The van der Waals surface area contributed by atoms with Gasteiger partial charge < -0.3 is 15.2 Å². The lowest BCUT2D eigenvalue weighted by Gasteiger charge is -2.31. The zero-order valence-corrected chi connectivity index (χ0v) is 10.4. The molecule has 0 spiro atoms. The van der Waals surface area contributed by atoms with Crippen LogP contribution in [0.2, 0.25) is 0 Å². The molecular formula is C14H15FNO3-. The van der Waals surface area contributed by atoms with Crippen LogP contribution < -0.4 is 10.4 Å². The van der Waals surface area contributed by atoms with Crippen LogP contribution in [0.25, 0.3) is 0 Å². The standard InChI is InChI=1S/C14H16FNO3/c15-9-4-3-5-10(8-9)16-13(17)11-6-1-2-7-12(11)14(18)19/h3-5,8,11-12H,1-2,6-7H2,(H,16,17)(H,18,19)/p-1/t11-,12+/m0/s1. The third-order valence-electron chi connectivity index (χ3n) is 3.50. The van der Waals surface area contributed by atoms with Crippen molar-refractivity contribution < 1.29 is 19.1 Å². The molecule has 4 nitrogen and oxygen atoms in total. The summed E-state index contributed by atoms with van der Waals surface area (Å²) < 4.78 is 13.0. The van der Waals surface area contributed by atoms with E-state index in [1.165, 1.54) is 18.2 Å². The van der Waals surface area contributed by atoms with Crippen LogP contribution in [-0.4, -0.2) is 11.9 Å². The predicted molar refractivity (Wildman–Crippen MR) is 65.5 cm³/mol. The Morgan fingerprint density at radius 2 is 1.89 bits per heavy atom. The van der Waals surface area contributed by atoms with Crippen molar-refractivity contribution in [1.82, 2.24) is 0 Å². The van der Waals surface area contributed by atoms with E-state index in [4.69, 9.17) is 0 Å². The van der Waals surface area contributed by atoms with Gasteiger partial charge in [0.25, 0.3) is 0 Å². The molecule has 0 unspecified atom stereocenters. The number of rotatable bonds is 3. The van der Waals surface area contributed by atoms with E-state index in [1.807, 2.05) is 0 Å². The van der Waals surface area contributed by atoms with Gasteiger partial charge in [0.2, 0.25) is 5.91 Å². The zero-order valence-electron chi connectivity index (χ0n) is 10.4. The molecule has 5 heteroatoms. The second kappa shape index (κ2) is 5.82. The number of carboxylic acid groups (broad SMARTS) is 1. The van der Waals surface area contributed by atoms with Gasteiger partial charge in [-0.15, -0.1) is 0 Å². The molecule has 0 aromatic heterocycles.